The van der Waals surface area contributed by atoms with Gasteiger partial charge in [-0.25, -0.2) is 8.42 Å². The fourth-order valence-corrected chi connectivity index (χ4v) is 3.54. The van der Waals surface area contributed by atoms with E-state index in [-0.39, 0.29) is 29.6 Å². The molecule has 0 bridgehead atoms. The van der Waals surface area contributed by atoms with Crippen molar-refractivity contribution in [3.05, 3.63) is 29.8 Å². The number of benzene rings is 1. The van der Waals surface area contributed by atoms with Crippen LogP contribution in [0.1, 0.15) is 39.7 Å². The van der Waals surface area contributed by atoms with Gasteiger partial charge in [-0.3, -0.25) is 19.3 Å². The van der Waals surface area contributed by atoms with Gasteiger partial charge in [-0.05, 0) is 39.8 Å². The standard InChI is InChI=1S/C17H23N3O5S/c1-11(16(22)19-17(2,3)4)25-14(21)9-10-18-15-12-7-5-6-8-13(12)26(23,24)20-15/h5-8,11H,9-10H2,1-4H3,(H,18,20)(H,19,22). The van der Waals surface area contributed by atoms with Crippen LogP contribution in [0.4, 0.5) is 0 Å². The molecule has 0 spiro atoms. The summed E-state index contributed by atoms with van der Waals surface area (Å²) >= 11 is 0. The first kappa shape index (κ1) is 19.9. The maximum atomic E-state index is 12.0. The third-order valence-electron chi connectivity index (χ3n) is 3.42. The quantitative estimate of drug-likeness (QED) is 0.738. The molecule has 2 N–H and O–H groups in total. The smallest absolute Gasteiger partial charge is 0.308 e. The summed E-state index contributed by atoms with van der Waals surface area (Å²) in [7, 11) is -3.60. The Labute approximate surface area is 153 Å². The molecule has 1 aromatic carbocycles. The molecule has 1 aromatic rings. The Bertz CT molecular complexity index is 840. The zero-order valence-electron chi connectivity index (χ0n) is 15.2. The summed E-state index contributed by atoms with van der Waals surface area (Å²) in [5.41, 5.74) is 0.0512. The number of aliphatic imine (C=N–C) groups is 1. The number of amidine groups is 1. The van der Waals surface area contributed by atoms with Crippen LogP contribution in [0.3, 0.4) is 0 Å². The molecule has 1 heterocycles. The second kappa shape index (κ2) is 7.45. The molecule has 8 nitrogen and oxygen atoms in total. The van der Waals surface area contributed by atoms with Crippen LogP contribution in [0.15, 0.2) is 34.2 Å². The fraction of sp³-hybridized carbons (Fsp3) is 0.471. The molecular weight excluding hydrogens is 358 g/mol. The Hall–Kier alpha value is -2.42. The van der Waals surface area contributed by atoms with Gasteiger partial charge in [0.25, 0.3) is 15.9 Å². The van der Waals surface area contributed by atoms with Crippen LogP contribution in [-0.2, 0) is 24.3 Å². The molecule has 2 rings (SSSR count). The molecule has 1 atom stereocenters. The summed E-state index contributed by atoms with van der Waals surface area (Å²) in [4.78, 5) is 28.1. The van der Waals surface area contributed by atoms with Crippen molar-refractivity contribution in [3.8, 4) is 0 Å². The number of nitrogens with zero attached hydrogens (tertiary/aromatic N) is 1. The van der Waals surface area contributed by atoms with Crippen molar-refractivity contribution in [3.63, 3.8) is 0 Å². The molecule has 0 radical (unpaired) electrons. The maximum absolute atomic E-state index is 12.0. The molecule has 1 unspecified atom stereocenters. The zero-order chi connectivity index (χ0) is 19.5. The number of hydrogen-bond donors (Lipinski definition) is 2. The minimum atomic E-state index is -3.60. The number of fused-ring (bicyclic) bond motifs is 1. The number of hydrogen-bond acceptors (Lipinski definition) is 6. The Morgan fingerprint density at radius 2 is 1.92 bits per heavy atom. The van der Waals surface area contributed by atoms with Crippen molar-refractivity contribution >= 4 is 27.7 Å². The maximum Gasteiger partial charge on any atom is 0.308 e. The second-order valence-corrected chi connectivity index (χ2v) is 8.60. The van der Waals surface area contributed by atoms with E-state index in [1.807, 2.05) is 20.8 Å². The average molecular weight is 381 g/mol. The molecular formula is C17H23N3O5S. The van der Waals surface area contributed by atoms with Gasteiger partial charge in [-0.15, -0.1) is 0 Å². The molecule has 26 heavy (non-hydrogen) atoms. The number of carbonyl (C=O) groups is 2. The Morgan fingerprint density at radius 3 is 2.58 bits per heavy atom. The van der Waals surface area contributed by atoms with Crippen molar-refractivity contribution in [1.29, 1.82) is 0 Å². The highest BCUT2D eigenvalue weighted by Gasteiger charge is 2.30. The molecule has 0 aromatic heterocycles. The van der Waals surface area contributed by atoms with E-state index in [1.165, 1.54) is 13.0 Å². The van der Waals surface area contributed by atoms with E-state index in [0.717, 1.165) is 0 Å². The van der Waals surface area contributed by atoms with E-state index in [0.29, 0.717) is 5.56 Å². The van der Waals surface area contributed by atoms with Crippen molar-refractivity contribution in [2.24, 2.45) is 4.99 Å². The molecule has 0 saturated carbocycles. The van der Waals surface area contributed by atoms with Crippen LogP contribution in [0, 0.1) is 0 Å². The van der Waals surface area contributed by atoms with Crippen LogP contribution in [0.5, 0.6) is 0 Å². The molecule has 142 valence electrons. The lowest BCUT2D eigenvalue weighted by Gasteiger charge is -2.23. The zero-order valence-corrected chi connectivity index (χ0v) is 16.0. The summed E-state index contributed by atoms with van der Waals surface area (Å²) in [6.45, 7) is 7.02. The van der Waals surface area contributed by atoms with Crippen molar-refractivity contribution in [2.45, 2.75) is 50.7 Å². The molecule has 1 aliphatic rings. The Kier molecular flexibility index (Phi) is 5.70. The van der Waals surface area contributed by atoms with Crippen LogP contribution >= 0.6 is 0 Å². The molecule has 0 fully saturated rings. The topological polar surface area (TPSA) is 114 Å². The van der Waals surface area contributed by atoms with E-state index < -0.39 is 27.6 Å². The number of rotatable bonds is 5. The summed E-state index contributed by atoms with van der Waals surface area (Å²) in [6.07, 6.45) is -0.986. The first-order valence-electron chi connectivity index (χ1n) is 8.18. The van der Waals surface area contributed by atoms with Gasteiger partial charge in [0, 0.05) is 11.1 Å². The minimum Gasteiger partial charge on any atom is -0.452 e. The highest BCUT2D eigenvalue weighted by atomic mass is 32.2. The van der Waals surface area contributed by atoms with Gasteiger partial charge in [0.1, 0.15) is 5.84 Å². The molecule has 9 heteroatoms. The van der Waals surface area contributed by atoms with Crippen molar-refractivity contribution in [2.75, 3.05) is 6.54 Å². The molecule has 0 aliphatic carbocycles. The lowest BCUT2D eigenvalue weighted by atomic mass is 10.1. The molecule has 1 aliphatic heterocycles. The number of amides is 1. The molecule has 0 saturated heterocycles. The lowest BCUT2D eigenvalue weighted by Crippen LogP contribution is -2.46. The van der Waals surface area contributed by atoms with E-state index in [1.54, 1.807) is 18.2 Å². The van der Waals surface area contributed by atoms with Gasteiger partial charge in [-0.1, -0.05) is 12.1 Å². The minimum absolute atomic E-state index is 0.0403. The Morgan fingerprint density at radius 1 is 1.27 bits per heavy atom. The largest absolute Gasteiger partial charge is 0.452 e. The number of ether oxygens (including phenoxy) is 1. The van der Waals surface area contributed by atoms with Gasteiger partial charge in [0.05, 0.1) is 17.9 Å². The van der Waals surface area contributed by atoms with Gasteiger partial charge in [0.15, 0.2) is 6.10 Å². The Balaban J connectivity index is 1.91. The highest BCUT2D eigenvalue weighted by molar-refractivity contribution is 7.90. The third kappa shape index (κ3) is 5.04. The number of nitrogens with one attached hydrogen (secondary N) is 2. The SMILES string of the molecule is CC(OC(=O)CCN=C1NS(=O)(=O)c2ccccc21)C(=O)NC(C)(C)C. The lowest BCUT2D eigenvalue weighted by molar-refractivity contribution is -0.155. The van der Waals surface area contributed by atoms with Gasteiger partial charge < -0.3 is 10.1 Å². The van der Waals surface area contributed by atoms with Gasteiger partial charge in [0.2, 0.25) is 0 Å². The van der Waals surface area contributed by atoms with Crippen LogP contribution in [0.2, 0.25) is 0 Å². The summed E-state index contributed by atoms with van der Waals surface area (Å²) < 4.78 is 31.4. The third-order valence-corrected chi connectivity index (χ3v) is 4.82. The van der Waals surface area contributed by atoms with Gasteiger partial charge in [-0.2, -0.15) is 0 Å². The normalized spacial score (nSPS) is 17.9. The summed E-state index contributed by atoms with van der Waals surface area (Å²) in [5.74, 6) is -0.762. The van der Waals surface area contributed by atoms with E-state index in [9.17, 15) is 18.0 Å². The fourth-order valence-electron chi connectivity index (χ4n) is 2.29. The van der Waals surface area contributed by atoms with Gasteiger partial charge >= 0.3 is 5.97 Å². The first-order valence-corrected chi connectivity index (χ1v) is 9.66. The predicted molar refractivity (Wildman–Crippen MR) is 96.2 cm³/mol. The highest BCUT2D eigenvalue weighted by Crippen LogP contribution is 2.22. The average Bonchev–Trinajstić information content (AvgIpc) is 2.77. The number of sulfonamides is 1. The van der Waals surface area contributed by atoms with Crippen LogP contribution in [0.25, 0.3) is 0 Å². The number of carbonyl (C=O) groups excluding carboxylic acids is 2. The number of esters is 1. The summed E-state index contributed by atoms with van der Waals surface area (Å²) in [5, 5.41) is 2.72. The van der Waals surface area contributed by atoms with Crippen molar-refractivity contribution < 1.29 is 22.7 Å². The van der Waals surface area contributed by atoms with E-state index >= 15 is 0 Å². The second-order valence-electron chi connectivity index (χ2n) is 6.95. The van der Waals surface area contributed by atoms with Crippen LogP contribution < -0.4 is 10.0 Å². The van der Waals surface area contributed by atoms with E-state index in [4.69, 9.17) is 4.74 Å². The van der Waals surface area contributed by atoms with E-state index in [2.05, 4.69) is 15.0 Å². The predicted octanol–water partition coefficient (Wildman–Crippen LogP) is 0.962. The monoisotopic (exact) mass is 381 g/mol. The first-order chi connectivity index (χ1) is 12.0. The molecule has 1 amide bonds. The summed E-state index contributed by atoms with van der Waals surface area (Å²) in [6, 6.07) is 6.47. The van der Waals surface area contributed by atoms with Crippen molar-refractivity contribution in [1.82, 2.24) is 10.0 Å². The van der Waals surface area contributed by atoms with Crippen LogP contribution in [-0.4, -0.2) is 44.3 Å².